The third kappa shape index (κ3) is 4.02. The van der Waals surface area contributed by atoms with Gasteiger partial charge in [-0.1, -0.05) is 37.4 Å². The van der Waals surface area contributed by atoms with E-state index < -0.39 is 11.9 Å². The lowest BCUT2D eigenvalue weighted by molar-refractivity contribution is -0.150. The van der Waals surface area contributed by atoms with Gasteiger partial charge in [-0.05, 0) is 18.6 Å². The Labute approximate surface area is 141 Å². The van der Waals surface area contributed by atoms with Gasteiger partial charge in [0.05, 0.1) is 6.42 Å². The summed E-state index contributed by atoms with van der Waals surface area (Å²) >= 11 is 6.00. The second-order valence-corrected chi connectivity index (χ2v) is 6.29. The second kappa shape index (κ2) is 7.77. The van der Waals surface area contributed by atoms with Crippen molar-refractivity contribution < 1.29 is 14.0 Å². The van der Waals surface area contributed by atoms with E-state index in [2.05, 4.69) is 0 Å². The van der Waals surface area contributed by atoms with Crippen LogP contribution in [0.25, 0.3) is 0 Å². The first kappa shape index (κ1) is 17.7. The molecule has 1 aromatic carbocycles. The van der Waals surface area contributed by atoms with Gasteiger partial charge in [-0.2, -0.15) is 0 Å². The minimum absolute atomic E-state index is 0.0438. The first-order chi connectivity index (χ1) is 11.0. The Morgan fingerprint density at radius 1 is 1.39 bits per heavy atom. The highest BCUT2D eigenvalue weighted by atomic mass is 35.5. The highest BCUT2D eigenvalue weighted by Crippen LogP contribution is 2.22. The van der Waals surface area contributed by atoms with Crippen LogP contribution in [0.5, 0.6) is 0 Å². The van der Waals surface area contributed by atoms with E-state index in [1.54, 1.807) is 22.9 Å². The average molecular weight is 341 g/mol. The quantitative estimate of drug-likeness (QED) is 0.827. The van der Waals surface area contributed by atoms with Crippen molar-refractivity contribution in [2.75, 3.05) is 20.1 Å². The molecule has 1 aromatic rings. The molecule has 0 bridgehead atoms. The zero-order chi connectivity index (χ0) is 17.0. The molecule has 0 saturated carbocycles. The van der Waals surface area contributed by atoms with Gasteiger partial charge in [0, 0.05) is 30.7 Å². The number of likely N-dealkylation sites (N-methyl/N-ethyl adjacent to an activating group) is 1. The summed E-state index contributed by atoms with van der Waals surface area (Å²) in [6.07, 6.45) is 2.34. The first-order valence-electron chi connectivity index (χ1n) is 7.93. The molecular formula is C17H22ClFN2O2. The molecule has 6 heteroatoms. The second-order valence-electron chi connectivity index (χ2n) is 5.88. The number of rotatable bonds is 5. The third-order valence-electron chi connectivity index (χ3n) is 4.25. The van der Waals surface area contributed by atoms with Gasteiger partial charge in [-0.15, -0.1) is 0 Å². The van der Waals surface area contributed by atoms with Gasteiger partial charge in [0.25, 0.3) is 0 Å². The molecule has 23 heavy (non-hydrogen) atoms. The van der Waals surface area contributed by atoms with Crippen molar-refractivity contribution in [2.45, 2.75) is 38.6 Å². The van der Waals surface area contributed by atoms with Gasteiger partial charge in [0.15, 0.2) is 0 Å². The SMILES string of the molecule is CCCC[C@H]1C(=O)N(C)CCN1C(=O)Cc1c(F)cccc1Cl. The van der Waals surface area contributed by atoms with Crippen LogP contribution >= 0.6 is 11.6 Å². The summed E-state index contributed by atoms with van der Waals surface area (Å²) < 4.78 is 13.9. The molecule has 126 valence electrons. The minimum Gasteiger partial charge on any atom is -0.342 e. The van der Waals surface area contributed by atoms with E-state index in [0.717, 1.165) is 12.8 Å². The number of amides is 2. The Morgan fingerprint density at radius 3 is 2.78 bits per heavy atom. The summed E-state index contributed by atoms with van der Waals surface area (Å²) in [7, 11) is 1.75. The molecule has 2 amide bonds. The van der Waals surface area contributed by atoms with E-state index in [-0.39, 0.29) is 28.8 Å². The summed E-state index contributed by atoms with van der Waals surface area (Å²) in [5.74, 6) is -0.784. The maximum absolute atomic E-state index is 13.9. The van der Waals surface area contributed by atoms with Gasteiger partial charge in [-0.3, -0.25) is 9.59 Å². The van der Waals surface area contributed by atoms with Gasteiger partial charge < -0.3 is 9.80 Å². The van der Waals surface area contributed by atoms with Crippen LogP contribution in [0.1, 0.15) is 31.7 Å². The predicted octanol–water partition coefficient (Wildman–Crippen LogP) is 2.88. The molecule has 0 unspecified atom stereocenters. The number of hydrogen-bond acceptors (Lipinski definition) is 2. The minimum atomic E-state index is -0.489. The van der Waals surface area contributed by atoms with Crippen LogP contribution in [0.4, 0.5) is 4.39 Å². The van der Waals surface area contributed by atoms with E-state index in [9.17, 15) is 14.0 Å². The molecule has 1 saturated heterocycles. The number of piperazine rings is 1. The van der Waals surface area contributed by atoms with Gasteiger partial charge in [0.1, 0.15) is 11.9 Å². The van der Waals surface area contributed by atoms with Gasteiger partial charge >= 0.3 is 0 Å². The Hall–Kier alpha value is -1.62. The molecule has 0 spiro atoms. The Morgan fingerprint density at radius 2 is 2.13 bits per heavy atom. The lowest BCUT2D eigenvalue weighted by atomic mass is 10.0. The highest BCUT2D eigenvalue weighted by Gasteiger charge is 2.35. The largest absolute Gasteiger partial charge is 0.342 e. The topological polar surface area (TPSA) is 40.6 Å². The van der Waals surface area contributed by atoms with E-state index in [0.29, 0.717) is 19.5 Å². The Kier molecular flexibility index (Phi) is 5.99. The van der Waals surface area contributed by atoms with Crippen molar-refractivity contribution in [1.82, 2.24) is 9.80 Å². The van der Waals surface area contributed by atoms with Crippen molar-refractivity contribution in [1.29, 1.82) is 0 Å². The van der Waals surface area contributed by atoms with Crippen LogP contribution in [-0.2, 0) is 16.0 Å². The van der Waals surface area contributed by atoms with E-state index in [4.69, 9.17) is 11.6 Å². The lowest BCUT2D eigenvalue weighted by Gasteiger charge is -2.39. The number of unbranched alkanes of at least 4 members (excludes halogenated alkanes) is 1. The molecule has 1 heterocycles. The monoisotopic (exact) mass is 340 g/mol. The number of carbonyl (C=O) groups is 2. The summed E-state index contributed by atoms with van der Waals surface area (Å²) in [4.78, 5) is 28.2. The molecule has 1 aliphatic rings. The first-order valence-corrected chi connectivity index (χ1v) is 8.30. The van der Waals surface area contributed by atoms with Crippen LogP contribution in [0.2, 0.25) is 5.02 Å². The van der Waals surface area contributed by atoms with Crippen LogP contribution in [-0.4, -0.2) is 47.8 Å². The molecule has 0 N–H and O–H groups in total. The zero-order valence-electron chi connectivity index (χ0n) is 13.5. The van der Waals surface area contributed by atoms with Gasteiger partial charge in [0.2, 0.25) is 11.8 Å². The van der Waals surface area contributed by atoms with Crippen LogP contribution in [0.3, 0.4) is 0 Å². The lowest BCUT2D eigenvalue weighted by Crippen LogP contribution is -2.57. The molecule has 4 nitrogen and oxygen atoms in total. The summed E-state index contributed by atoms with van der Waals surface area (Å²) in [5.41, 5.74) is 0.194. The number of hydrogen-bond donors (Lipinski definition) is 0. The Balaban J connectivity index is 2.17. The van der Waals surface area contributed by atoms with E-state index in [1.807, 2.05) is 6.92 Å². The fourth-order valence-corrected chi connectivity index (χ4v) is 3.07. The van der Waals surface area contributed by atoms with Crippen molar-refractivity contribution in [2.24, 2.45) is 0 Å². The smallest absolute Gasteiger partial charge is 0.245 e. The molecule has 1 atom stereocenters. The molecular weight excluding hydrogens is 319 g/mol. The molecule has 2 rings (SSSR count). The molecule has 0 aliphatic carbocycles. The van der Waals surface area contributed by atoms with Crippen LogP contribution < -0.4 is 0 Å². The number of benzene rings is 1. The Bertz CT molecular complexity index is 574. The molecule has 0 radical (unpaired) electrons. The fourth-order valence-electron chi connectivity index (χ4n) is 2.84. The fraction of sp³-hybridized carbons (Fsp3) is 0.529. The highest BCUT2D eigenvalue weighted by molar-refractivity contribution is 6.31. The van der Waals surface area contributed by atoms with Crippen molar-refractivity contribution in [3.05, 3.63) is 34.6 Å². The van der Waals surface area contributed by atoms with Crippen LogP contribution in [0, 0.1) is 5.82 Å². The standard InChI is InChI=1S/C17H22ClFN2O2/c1-3-4-8-15-17(23)20(2)9-10-21(15)16(22)11-12-13(18)6-5-7-14(12)19/h5-7,15H,3-4,8-11H2,1-2H3/t15-/m0/s1. The molecule has 1 aliphatic heterocycles. The number of nitrogens with zero attached hydrogens (tertiary/aromatic N) is 2. The number of halogens is 2. The summed E-state index contributed by atoms with van der Waals surface area (Å²) in [5, 5.41) is 0.240. The molecule has 1 fully saturated rings. The predicted molar refractivity (Wildman–Crippen MR) is 87.8 cm³/mol. The van der Waals surface area contributed by atoms with Crippen LogP contribution in [0.15, 0.2) is 18.2 Å². The van der Waals surface area contributed by atoms with Crippen molar-refractivity contribution in [3.63, 3.8) is 0 Å². The molecule has 0 aromatic heterocycles. The van der Waals surface area contributed by atoms with Crippen molar-refractivity contribution >= 4 is 23.4 Å². The zero-order valence-corrected chi connectivity index (χ0v) is 14.3. The summed E-state index contributed by atoms with van der Waals surface area (Å²) in [6, 6.07) is 3.91. The maximum Gasteiger partial charge on any atom is 0.245 e. The summed E-state index contributed by atoms with van der Waals surface area (Å²) in [6.45, 7) is 3.02. The van der Waals surface area contributed by atoms with Gasteiger partial charge in [-0.25, -0.2) is 4.39 Å². The normalized spacial score (nSPS) is 18.4. The third-order valence-corrected chi connectivity index (χ3v) is 4.61. The van der Waals surface area contributed by atoms with E-state index in [1.165, 1.54) is 12.1 Å². The number of carbonyl (C=O) groups excluding carboxylic acids is 2. The van der Waals surface area contributed by atoms with Crippen molar-refractivity contribution in [3.8, 4) is 0 Å². The average Bonchev–Trinajstić information content (AvgIpc) is 2.52. The van der Waals surface area contributed by atoms with E-state index >= 15 is 0 Å². The maximum atomic E-state index is 13.9.